The maximum Gasteiger partial charge on any atom is 0.335 e. The van der Waals surface area contributed by atoms with Crippen LogP contribution in [0.2, 0.25) is 5.02 Å². The number of methoxy groups -OCH3 is 1. The Morgan fingerprint density at radius 3 is 2.72 bits per heavy atom. The lowest BCUT2D eigenvalue weighted by atomic mass is 10.1. The van der Waals surface area contributed by atoms with Gasteiger partial charge in [0.2, 0.25) is 5.95 Å². The van der Waals surface area contributed by atoms with E-state index < -0.39 is 5.97 Å². The Kier molecular flexibility index (Phi) is 7.17. The van der Waals surface area contributed by atoms with Crippen molar-refractivity contribution in [3.8, 4) is 5.75 Å². The summed E-state index contributed by atoms with van der Waals surface area (Å²) in [5, 5.41) is 10.8. The number of hydrogen-bond acceptors (Lipinski definition) is 6. The average molecular weight is 532 g/mol. The molecule has 4 aromatic rings. The first-order valence-electron chi connectivity index (χ1n) is 11.4. The quantitative estimate of drug-likeness (QED) is 0.403. The molecule has 0 radical (unpaired) electrons. The molecule has 3 N–H and O–H groups in total. The number of anilines is 1. The number of aryl methyl sites for hydroxylation is 1. The highest BCUT2D eigenvalue weighted by Crippen LogP contribution is 2.35. The highest BCUT2D eigenvalue weighted by atomic mass is 35.5. The second-order valence-corrected chi connectivity index (χ2v) is 9.28. The second kappa shape index (κ2) is 10.0. The molecule has 0 aliphatic carbocycles. The number of pyridine rings is 1. The maximum absolute atomic E-state index is 13.7. The van der Waals surface area contributed by atoms with Crippen molar-refractivity contribution < 1.29 is 14.6 Å². The Morgan fingerprint density at radius 1 is 1.31 bits per heavy atom. The zero-order valence-corrected chi connectivity index (χ0v) is 21.5. The molecule has 5 rings (SSSR count). The van der Waals surface area contributed by atoms with Crippen LogP contribution in [0.25, 0.3) is 21.9 Å². The number of aromatic nitrogens is 3. The first-order chi connectivity index (χ1) is 16.8. The first kappa shape index (κ1) is 25.8. The third-order valence-electron chi connectivity index (χ3n) is 6.63. The molecule has 0 saturated carbocycles. The number of rotatable bonds is 5. The van der Waals surface area contributed by atoms with Crippen LogP contribution in [-0.2, 0) is 13.6 Å². The second-order valence-electron chi connectivity index (χ2n) is 8.88. The van der Waals surface area contributed by atoms with E-state index in [9.17, 15) is 14.7 Å². The van der Waals surface area contributed by atoms with Gasteiger partial charge in [-0.05, 0) is 36.6 Å². The molecule has 2 aromatic heterocycles. The van der Waals surface area contributed by atoms with Gasteiger partial charge in [0.05, 0.1) is 30.1 Å². The van der Waals surface area contributed by atoms with Crippen molar-refractivity contribution in [2.45, 2.75) is 25.4 Å². The number of hydrogen-bond donors (Lipinski definition) is 2. The molecule has 1 aliphatic heterocycles. The van der Waals surface area contributed by atoms with E-state index in [4.69, 9.17) is 27.1 Å². The number of carboxylic acid groups (broad SMARTS) is 1. The highest BCUT2D eigenvalue weighted by molar-refractivity contribution is 6.31. The van der Waals surface area contributed by atoms with Gasteiger partial charge in [-0.15, -0.1) is 12.4 Å². The number of imidazole rings is 1. The lowest BCUT2D eigenvalue weighted by Crippen LogP contribution is -2.44. The summed E-state index contributed by atoms with van der Waals surface area (Å²) in [6.07, 6.45) is 1.85. The number of fused-ring (bicyclic) bond motifs is 3. The van der Waals surface area contributed by atoms with Gasteiger partial charge in [0, 0.05) is 31.2 Å². The molecular weight excluding hydrogens is 505 g/mol. The smallest absolute Gasteiger partial charge is 0.335 e. The number of nitrogens with two attached hydrogens (primary N) is 1. The number of piperidine rings is 1. The number of carboxylic acids is 1. The fourth-order valence-corrected chi connectivity index (χ4v) is 5.06. The minimum Gasteiger partial charge on any atom is -0.496 e. The molecule has 3 heterocycles. The number of halogens is 2. The number of ether oxygens (including phenoxy) is 1. The standard InChI is InChI=1S/C25H26ClN5O4.ClH/c1-29-18-10-15(24(33)34)11-19(35-2)20(18)21-22(23(29)32)31(12-14-6-3-4-8-17(14)26)25(28-21)30-9-5-7-16(27)13-30;/h3-4,6,8,10-11,16H,5,7,9,12-13,27H2,1-2H3,(H,33,34);1H/t16-;/m1./s1. The predicted octanol–water partition coefficient (Wildman–Crippen LogP) is 3.65. The molecule has 36 heavy (non-hydrogen) atoms. The Morgan fingerprint density at radius 2 is 2.06 bits per heavy atom. The summed E-state index contributed by atoms with van der Waals surface area (Å²) >= 11 is 6.49. The van der Waals surface area contributed by atoms with E-state index in [-0.39, 0.29) is 29.6 Å². The molecule has 2 aromatic carbocycles. The van der Waals surface area contributed by atoms with E-state index in [1.165, 1.54) is 23.8 Å². The number of aromatic carboxylic acids is 1. The number of benzene rings is 2. The topological polar surface area (TPSA) is 116 Å². The molecule has 1 atom stereocenters. The van der Waals surface area contributed by atoms with E-state index in [0.29, 0.717) is 51.7 Å². The average Bonchev–Trinajstić information content (AvgIpc) is 3.22. The van der Waals surface area contributed by atoms with E-state index in [1.54, 1.807) is 7.05 Å². The minimum absolute atomic E-state index is 0. The molecule has 0 spiro atoms. The molecule has 1 saturated heterocycles. The fraction of sp³-hybridized carbons (Fsp3) is 0.320. The Hall–Kier alpha value is -3.27. The normalized spacial score (nSPS) is 15.8. The summed E-state index contributed by atoms with van der Waals surface area (Å²) in [5.41, 5.74) is 8.16. The van der Waals surface area contributed by atoms with Gasteiger partial charge < -0.3 is 29.6 Å². The lowest BCUT2D eigenvalue weighted by Gasteiger charge is -2.32. The van der Waals surface area contributed by atoms with Crippen molar-refractivity contribution in [3.05, 3.63) is 62.9 Å². The van der Waals surface area contributed by atoms with Crippen molar-refractivity contribution >= 4 is 57.9 Å². The van der Waals surface area contributed by atoms with Crippen LogP contribution in [-0.4, -0.2) is 51.4 Å². The van der Waals surface area contributed by atoms with Crippen LogP contribution in [0.1, 0.15) is 28.8 Å². The van der Waals surface area contributed by atoms with Crippen molar-refractivity contribution in [1.82, 2.24) is 14.1 Å². The predicted molar refractivity (Wildman–Crippen MR) is 143 cm³/mol. The van der Waals surface area contributed by atoms with Crippen molar-refractivity contribution in [2.75, 3.05) is 25.1 Å². The highest BCUT2D eigenvalue weighted by Gasteiger charge is 2.27. The van der Waals surface area contributed by atoms with E-state index >= 15 is 0 Å². The Bertz CT molecular complexity index is 1530. The van der Waals surface area contributed by atoms with Crippen LogP contribution in [0.3, 0.4) is 0 Å². The maximum atomic E-state index is 13.7. The zero-order chi connectivity index (χ0) is 24.9. The largest absolute Gasteiger partial charge is 0.496 e. The van der Waals surface area contributed by atoms with Crippen LogP contribution < -0.4 is 20.9 Å². The van der Waals surface area contributed by atoms with Crippen LogP contribution in [0.5, 0.6) is 5.75 Å². The van der Waals surface area contributed by atoms with Crippen LogP contribution >= 0.6 is 24.0 Å². The molecule has 11 heteroatoms. The molecule has 0 bridgehead atoms. The van der Waals surface area contributed by atoms with Gasteiger partial charge in [-0.1, -0.05) is 29.8 Å². The molecule has 0 amide bonds. The monoisotopic (exact) mass is 531 g/mol. The van der Waals surface area contributed by atoms with Crippen LogP contribution in [0, 0.1) is 0 Å². The fourth-order valence-electron chi connectivity index (χ4n) is 4.87. The molecular formula is C25H27Cl2N5O4. The summed E-state index contributed by atoms with van der Waals surface area (Å²) in [6, 6.07) is 10.4. The van der Waals surface area contributed by atoms with E-state index in [2.05, 4.69) is 4.90 Å². The van der Waals surface area contributed by atoms with Gasteiger partial charge in [-0.3, -0.25) is 4.79 Å². The summed E-state index contributed by atoms with van der Waals surface area (Å²) in [4.78, 5) is 32.5. The SMILES string of the molecule is COc1cc(C(=O)O)cc2c1c1nc(N3CCC[C@@H](N)C3)n(Cc3ccccc3Cl)c1c(=O)n2C.Cl. The molecule has 0 unspecified atom stereocenters. The van der Waals surface area contributed by atoms with E-state index in [0.717, 1.165) is 24.9 Å². The van der Waals surface area contributed by atoms with Crippen LogP contribution in [0.4, 0.5) is 5.95 Å². The first-order valence-corrected chi connectivity index (χ1v) is 11.8. The van der Waals surface area contributed by atoms with Crippen LogP contribution in [0.15, 0.2) is 41.2 Å². The molecule has 1 fully saturated rings. The number of nitrogens with zero attached hydrogens (tertiary/aromatic N) is 4. The molecule has 9 nitrogen and oxygen atoms in total. The summed E-state index contributed by atoms with van der Waals surface area (Å²) in [5.74, 6) is -0.140. The summed E-state index contributed by atoms with van der Waals surface area (Å²) in [6.45, 7) is 1.72. The Labute approximate surface area is 218 Å². The molecule has 1 aliphatic rings. The van der Waals surface area contributed by atoms with Crippen molar-refractivity contribution in [3.63, 3.8) is 0 Å². The van der Waals surface area contributed by atoms with Gasteiger partial charge >= 0.3 is 5.97 Å². The van der Waals surface area contributed by atoms with Gasteiger partial charge in [0.1, 0.15) is 16.8 Å². The Balaban J connectivity index is 0.00000304. The lowest BCUT2D eigenvalue weighted by molar-refractivity contribution is 0.0696. The van der Waals surface area contributed by atoms with Gasteiger partial charge in [0.15, 0.2) is 0 Å². The number of carbonyl (C=O) groups is 1. The van der Waals surface area contributed by atoms with Crippen molar-refractivity contribution in [2.24, 2.45) is 12.8 Å². The van der Waals surface area contributed by atoms with Gasteiger partial charge in [-0.2, -0.15) is 0 Å². The van der Waals surface area contributed by atoms with Gasteiger partial charge in [-0.25, -0.2) is 9.78 Å². The van der Waals surface area contributed by atoms with E-state index in [1.807, 2.05) is 28.8 Å². The summed E-state index contributed by atoms with van der Waals surface area (Å²) < 4.78 is 8.92. The van der Waals surface area contributed by atoms with Gasteiger partial charge in [0.25, 0.3) is 5.56 Å². The minimum atomic E-state index is -1.11. The molecule has 190 valence electrons. The third kappa shape index (κ3) is 4.27. The zero-order valence-electron chi connectivity index (χ0n) is 19.9. The third-order valence-corrected chi connectivity index (χ3v) is 7.00. The van der Waals surface area contributed by atoms with Crippen molar-refractivity contribution in [1.29, 1.82) is 0 Å². The summed E-state index contributed by atoms with van der Waals surface area (Å²) in [7, 11) is 3.10.